The Morgan fingerprint density at radius 2 is 1.90 bits per heavy atom. The molecule has 0 atom stereocenters. The van der Waals surface area contributed by atoms with E-state index in [0.717, 1.165) is 11.1 Å². The van der Waals surface area contributed by atoms with Crippen LogP contribution in [-0.2, 0) is 16.6 Å². The van der Waals surface area contributed by atoms with Gasteiger partial charge >= 0.3 is 0 Å². The number of hydrogen-bond donors (Lipinski definition) is 2. The van der Waals surface area contributed by atoms with Gasteiger partial charge in [0.1, 0.15) is 0 Å². The van der Waals surface area contributed by atoms with Crippen molar-refractivity contribution in [3.05, 3.63) is 35.4 Å². The van der Waals surface area contributed by atoms with E-state index in [1.54, 1.807) is 20.8 Å². The number of hydrogen-bond acceptors (Lipinski definition) is 3. The van der Waals surface area contributed by atoms with Crippen LogP contribution in [0, 0.1) is 11.8 Å². The molecule has 0 radical (unpaired) electrons. The molecular formula is C15H21NO3S. The molecule has 0 saturated carbocycles. The van der Waals surface area contributed by atoms with Gasteiger partial charge in [-0.3, -0.25) is 0 Å². The van der Waals surface area contributed by atoms with Crippen molar-refractivity contribution >= 4 is 10.0 Å². The van der Waals surface area contributed by atoms with E-state index in [2.05, 4.69) is 16.6 Å². The Morgan fingerprint density at radius 3 is 2.50 bits per heavy atom. The van der Waals surface area contributed by atoms with Gasteiger partial charge in [0, 0.05) is 18.5 Å². The minimum atomic E-state index is -3.38. The van der Waals surface area contributed by atoms with Gasteiger partial charge in [-0.15, -0.1) is 0 Å². The molecule has 0 aliphatic rings. The van der Waals surface area contributed by atoms with Crippen molar-refractivity contribution in [2.45, 2.75) is 38.5 Å². The fourth-order valence-corrected chi connectivity index (χ4v) is 2.18. The first-order chi connectivity index (χ1) is 9.28. The Kier molecular flexibility index (Phi) is 5.75. The molecular weight excluding hydrogens is 274 g/mol. The summed E-state index contributed by atoms with van der Waals surface area (Å²) in [4.78, 5) is 0. The highest BCUT2D eigenvalue weighted by Crippen LogP contribution is 2.15. The molecule has 0 heterocycles. The van der Waals surface area contributed by atoms with Crippen LogP contribution in [-0.4, -0.2) is 24.9 Å². The fourth-order valence-electron chi connectivity index (χ4n) is 1.40. The van der Waals surface area contributed by atoms with Crippen LogP contribution < -0.4 is 4.72 Å². The summed E-state index contributed by atoms with van der Waals surface area (Å²) in [6, 6.07) is 7.38. The van der Waals surface area contributed by atoms with Gasteiger partial charge in [0.05, 0.1) is 11.4 Å². The maximum Gasteiger partial charge on any atom is 0.216 e. The topological polar surface area (TPSA) is 66.4 Å². The van der Waals surface area contributed by atoms with Crippen molar-refractivity contribution in [3.63, 3.8) is 0 Å². The largest absolute Gasteiger partial charge is 0.395 e. The maximum atomic E-state index is 12.0. The molecule has 1 aromatic carbocycles. The standard InChI is InChI=1S/C15H21NO3S/c1-15(2,3)20(18,19)16-12-14-10-5-4-8-13(14)9-6-7-11-17/h4-5,8,10,16-17H,7,11-12H2,1-3H3. The maximum absolute atomic E-state index is 12.0. The average molecular weight is 295 g/mol. The highest BCUT2D eigenvalue weighted by molar-refractivity contribution is 7.90. The summed E-state index contributed by atoms with van der Waals surface area (Å²) in [6.07, 6.45) is 0.405. The summed E-state index contributed by atoms with van der Waals surface area (Å²) in [7, 11) is -3.38. The van der Waals surface area contributed by atoms with Crippen LogP contribution >= 0.6 is 0 Å². The highest BCUT2D eigenvalue weighted by Gasteiger charge is 2.28. The summed E-state index contributed by atoms with van der Waals surface area (Å²) in [5, 5.41) is 8.72. The van der Waals surface area contributed by atoms with Crippen molar-refractivity contribution < 1.29 is 13.5 Å². The molecule has 0 spiro atoms. The van der Waals surface area contributed by atoms with Crippen LogP contribution in [0.1, 0.15) is 38.3 Å². The molecule has 5 heteroatoms. The Morgan fingerprint density at radius 1 is 1.25 bits per heavy atom. The van der Waals surface area contributed by atoms with Gasteiger partial charge in [0.15, 0.2) is 0 Å². The quantitative estimate of drug-likeness (QED) is 0.830. The molecule has 2 N–H and O–H groups in total. The van der Waals surface area contributed by atoms with E-state index in [1.165, 1.54) is 0 Å². The van der Waals surface area contributed by atoms with E-state index < -0.39 is 14.8 Å². The minimum Gasteiger partial charge on any atom is -0.395 e. The lowest BCUT2D eigenvalue weighted by molar-refractivity contribution is 0.305. The molecule has 0 saturated heterocycles. The Bertz CT molecular complexity index is 604. The number of sulfonamides is 1. The van der Waals surface area contributed by atoms with Crippen molar-refractivity contribution in [2.24, 2.45) is 0 Å². The first kappa shape index (κ1) is 16.7. The highest BCUT2D eigenvalue weighted by atomic mass is 32.2. The second-order valence-electron chi connectivity index (χ2n) is 5.37. The molecule has 0 aliphatic heterocycles. The SMILES string of the molecule is CC(C)(C)S(=O)(=O)NCc1ccccc1C#CCCO. The zero-order valence-electron chi connectivity index (χ0n) is 12.1. The third-order valence-electron chi connectivity index (χ3n) is 2.74. The zero-order chi connectivity index (χ0) is 15.2. The summed E-state index contributed by atoms with van der Waals surface area (Å²) in [5.41, 5.74) is 1.60. The predicted octanol–water partition coefficient (Wildman–Crippen LogP) is 1.64. The zero-order valence-corrected chi connectivity index (χ0v) is 12.9. The lowest BCUT2D eigenvalue weighted by Crippen LogP contribution is -2.39. The van der Waals surface area contributed by atoms with E-state index in [-0.39, 0.29) is 13.2 Å². The molecule has 1 aromatic rings. The molecule has 4 nitrogen and oxygen atoms in total. The molecule has 110 valence electrons. The monoisotopic (exact) mass is 295 g/mol. The molecule has 0 bridgehead atoms. The van der Waals surface area contributed by atoms with Crippen molar-refractivity contribution in [1.29, 1.82) is 0 Å². The van der Waals surface area contributed by atoms with Gasteiger partial charge < -0.3 is 5.11 Å². The van der Waals surface area contributed by atoms with Crippen LogP contribution in [0.5, 0.6) is 0 Å². The Balaban J connectivity index is 2.87. The van der Waals surface area contributed by atoms with Gasteiger partial charge in [0.2, 0.25) is 10.0 Å². The predicted molar refractivity (Wildman–Crippen MR) is 80.5 cm³/mol. The molecule has 0 aliphatic carbocycles. The third-order valence-corrected chi connectivity index (χ3v) is 4.87. The number of rotatable bonds is 4. The summed E-state index contributed by atoms with van der Waals surface area (Å²) in [5.74, 6) is 5.79. The van der Waals surface area contributed by atoms with E-state index in [1.807, 2.05) is 24.3 Å². The average Bonchev–Trinajstić information content (AvgIpc) is 2.36. The van der Waals surface area contributed by atoms with E-state index in [4.69, 9.17) is 5.11 Å². The molecule has 20 heavy (non-hydrogen) atoms. The first-order valence-electron chi connectivity index (χ1n) is 6.45. The molecule has 0 fully saturated rings. The number of benzene rings is 1. The normalized spacial score (nSPS) is 11.8. The van der Waals surface area contributed by atoms with Crippen LogP contribution in [0.15, 0.2) is 24.3 Å². The van der Waals surface area contributed by atoms with Gasteiger partial charge in [-0.25, -0.2) is 13.1 Å². The lowest BCUT2D eigenvalue weighted by atomic mass is 10.1. The smallest absolute Gasteiger partial charge is 0.216 e. The fraction of sp³-hybridized carbons (Fsp3) is 0.467. The molecule has 0 amide bonds. The second kappa shape index (κ2) is 6.89. The van der Waals surface area contributed by atoms with Crippen LogP contribution in [0.3, 0.4) is 0 Å². The van der Waals surface area contributed by atoms with Gasteiger partial charge in [-0.1, -0.05) is 30.0 Å². The van der Waals surface area contributed by atoms with Gasteiger partial charge in [0.25, 0.3) is 0 Å². The Hall–Kier alpha value is -1.35. The molecule has 0 aromatic heterocycles. The Labute approximate surface area is 121 Å². The molecule has 0 unspecified atom stereocenters. The summed E-state index contributed by atoms with van der Waals surface area (Å²) >= 11 is 0. The number of nitrogens with one attached hydrogen (secondary N) is 1. The van der Waals surface area contributed by atoms with Gasteiger partial charge in [-0.05, 0) is 32.4 Å². The van der Waals surface area contributed by atoms with Crippen molar-refractivity contribution in [1.82, 2.24) is 4.72 Å². The van der Waals surface area contributed by atoms with Crippen LogP contribution in [0.25, 0.3) is 0 Å². The summed E-state index contributed by atoms with van der Waals surface area (Å²) in [6.45, 7) is 5.20. The lowest BCUT2D eigenvalue weighted by Gasteiger charge is -2.20. The third kappa shape index (κ3) is 4.64. The van der Waals surface area contributed by atoms with Crippen LogP contribution in [0.2, 0.25) is 0 Å². The van der Waals surface area contributed by atoms with E-state index >= 15 is 0 Å². The van der Waals surface area contributed by atoms with Crippen molar-refractivity contribution in [2.75, 3.05) is 6.61 Å². The first-order valence-corrected chi connectivity index (χ1v) is 7.93. The summed E-state index contributed by atoms with van der Waals surface area (Å²) < 4.78 is 25.8. The minimum absolute atomic E-state index is 0.0197. The molecule has 1 rings (SSSR count). The second-order valence-corrected chi connectivity index (χ2v) is 7.89. The number of aliphatic hydroxyl groups excluding tert-OH is 1. The van der Waals surface area contributed by atoms with E-state index in [9.17, 15) is 8.42 Å². The number of aliphatic hydroxyl groups is 1. The van der Waals surface area contributed by atoms with Crippen molar-refractivity contribution in [3.8, 4) is 11.8 Å². The van der Waals surface area contributed by atoms with Gasteiger partial charge in [-0.2, -0.15) is 0 Å². The van der Waals surface area contributed by atoms with E-state index in [0.29, 0.717) is 6.42 Å². The van der Waals surface area contributed by atoms with Crippen LogP contribution in [0.4, 0.5) is 0 Å².